The van der Waals surface area contributed by atoms with Gasteiger partial charge in [-0.2, -0.15) is 0 Å². The number of nitrogens with one attached hydrogen (secondary N) is 1. The number of esters is 1. The van der Waals surface area contributed by atoms with E-state index < -0.39 is 29.6 Å². The van der Waals surface area contributed by atoms with Crippen LogP contribution in [0.1, 0.15) is 21.7 Å². The Balaban J connectivity index is 1.49. The lowest BCUT2D eigenvalue weighted by molar-refractivity contribution is -0.127. The van der Waals surface area contributed by atoms with Crippen LogP contribution in [-0.4, -0.2) is 41.6 Å². The first-order valence-corrected chi connectivity index (χ1v) is 11.6. The fraction of sp³-hybridized carbons (Fsp3) is 0.120. The molecule has 1 aliphatic rings. The van der Waals surface area contributed by atoms with Gasteiger partial charge in [0.15, 0.2) is 0 Å². The summed E-state index contributed by atoms with van der Waals surface area (Å²) in [5.74, 6) is -0.783. The van der Waals surface area contributed by atoms with Crippen LogP contribution >= 0.6 is 23.4 Å². The molecule has 1 aliphatic heterocycles. The standard InChI is InChI=1S/C25H19ClN2O6S/c1-14-16(6-5-7-17(14)24(31)33-2)20-11-10-15(34-20)12-21-23(30)28(25(32)35-21)13-22(29)27-19-9-4-3-8-18(19)26/h3-12H,13H2,1-2H3,(H,27,29)/b21-12+. The molecular weight excluding hydrogens is 492 g/mol. The first-order valence-electron chi connectivity index (χ1n) is 10.4. The summed E-state index contributed by atoms with van der Waals surface area (Å²) >= 11 is 6.75. The molecule has 35 heavy (non-hydrogen) atoms. The first kappa shape index (κ1) is 24.3. The molecule has 0 aliphatic carbocycles. The summed E-state index contributed by atoms with van der Waals surface area (Å²) in [6.45, 7) is 1.33. The summed E-state index contributed by atoms with van der Waals surface area (Å²) in [4.78, 5) is 50.5. The number of para-hydroxylation sites is 1. The Morgan fingerprint density at radius 2 is 1.89 bits per heavy atom. The van der Waals surface area contributed by atoms with Crippen LogP contribution < -0.4 is 5.32 Å². The van der Waals surface area contributed by atoms with Crippen molar-refractivity contribution >= 4 is 58.1 Å². The molecule has 0 saturated carbocycles. The number of benzene rings is 2. The van der Waals surface area contributed by atoms with Crippen molar-refractivity contribution < 1.29 is 28.3 Å². The highest BCUT2D eigenvalue weighted by atomic mass is 35.5. The van der Waals surface area contributed by atoms with E-state index in [1.165, 1.54) is 13.2 Å². The van der Waals surface area contributed by atoms with Crippen molar-refractivity contribution in [2.75, 3.05) is 19.0 Å². The molecule has 1 N–H and O–H groups in total. The molecule has 4 rings (SSSR count). The molecule has 1 fully saturated rings. The molecule has 10 heteroatoms. The highest BCUT2D eigenvalue weighted by Crippen LogP contribution is 2.34. The maximum Gasteiger partial charge on any atom is 0.338 e. The summed E-state index contributed by atoms with van der Waals surface area (Å²) in [7, 11) is 1.31. The van der Waals surface area contributed by atoms with Crippen LogP contribution in [-0.2, 0) is 14.3 Å². The maximum absolute atomic E-state index is 12.8. The van der Waals surface area contributed by atoms with E-state index in [4.69, 9.17) is 20.8 Å². The number of anilines is 1. The largest absolute Gasteiger partial charge is 0.465 e. The molecule has 3 amide bonds. The molecule has 8 nitrogen and oxygen atoms in total. The van der Waals surface area contributed by atoms with Gasteiger partial charge in [-0.3, -0.25) is 19.3 Å². The van der Waals surface area contributed by atoms with Gasteiger partial charge in [0.2, 0.25) is 5.91 Å². The van der Waals surface area contributed by atoms with Crippen LogP contribution in [0.25, 0.3) is 17.4 Å². The quantitative estimate of drug-likeness (QED) is 0.351. The Kier molecular flexibility index (Phi) is 7.09. The van der Waals surface area contributed by atoms with Crippen molar-refractivity contribution in [1.29, 1.82) is 0 Å². The second-order valence-electron chi connectivity index (χ2n) is 7.47. The van der Waals surface area contributed by atoms with E-state index >= 15 is 0 Å². The second-order valence-corrected chi connectivity index (χ2v) is 8.87. The summed E-state index contributed by atoms with van der Waals surface area (Å²) in [6.07, 6.45) is 1.44. The van der Waals surface area contributed by atoms with Gasteiger partial charge in [-0.05, 0) is 54.6 Å². The van der Waals surface area contributed by atoms with E-state index in [1.807, 2.05) is 0 Å². The van der Waals surface area contributed by atoms with Crippen molar-refractivity contribution in [3.8, 4) is 11.3 Å². The molecule has 2 heterocycles. The van der Waals surface area contributed by atoms with E-state index in [0.717, 1.165) is 4.90 Å². The number of rotatable bonds is 6. The van der Waals surface area contributed by atoms with E-state index in [0.29, 0.717) is 50.7 Å². The monoisotopic (exact) mass is 510 g/mol. The predicted molar refractivity (Wildman–Crippen MR) is 133 cm³/mol. The number of nitrogens with zero attached hydrogens (tertiary/aromatic N) is 1. The lowest BCUT2D eigenvalue weighted by Crippen LogP contribution is -2.36. The third-order valence-corrected chi connectivity index (χ3v) is 6.46. The van der Waals surface area contributed by atoms with Gasteiger partial charge >= 0.3 is 5.97 Å². The lowest BCUT2D eigenvalue weighted by atomic mass is 10.0. The molecule has 0 atom stereocenters. The number of carbonyl (C=O) groups is 4. The highest BCUT2D eigenvalue weighted by molar-refractivity contribution is 8.18. The molecule has 2 aromatic carbocycles. The highest BCUT2D eigenvalue weighted by Gasteiger charge is 2.36. The van der Waals surface area contributed by atoms with E-state index in [-0.39, 0.29) is 4.91 Å². The van der Waals surface area contributed by atoms with Crippen LogP contribution in [0.2, 0.25) is 5.02 Å². The minimum Gasteiger partial charge on any atom is -0.465 e. The van der Waals surface area contributed by atoms with Gasteiger partial charge in [0.1, 0.15) is 18.1 Å². The molecular formula is C25H19ClN2O6S. The molecule has 1 saturated heterocycles. The smallest absolute Gasteiger partial charge is 0.338 e. The molecule has 1 aromatic heterocycles. The van der Waals surface area contributed by atoms with Crippen LogP contribution in [0.5, 0.6) is 0 Å². The minimum atomic E-state index is -0.601. The molecule has 0 spiro atoms. The molecule has 178 valence electrons. The Bertz CT molecular complexity index is 1380. The van der Waals surface area contributed by atoms with Gasteiger partial charge in [0.25, 0.3) is 11.1 Å². The van der Waals surface area contributed by atoms with E-state index in [1.54, 1.807) is 61.5 Å². The van der Waals surface area contributed by atoms with Crippen LogP contribution in [0.15, 0.2) is 63.9 Å². The van der Waals surface area contributed by atoms with Gasteiger partial charge < -0.3 is 14.5 Å². The summed E-state index contributed by atoms with van der Waals surface area (Å²) < 4.78 is 10.7. The lowest BCUT2D eigenvalue weighted by Gasteiger charge is -2.13. The number of carbonyl (C=O) groups excluding carboxylic acids is 4. The number of ether oxygens (including phenoxy) is 1. The SMILES string of the molecule is COC(=O)c1cccc(-c2ccc(/C=C3/SC(=O)N(CC(=O)Nc4ccccc4Cl)C3=O)o2)c1C. The third-order valence-electron chi connectivity index (χ3n) is 5.23. The fourth-order valence-corrected chi connectivity index (χ4v) is 4.47. The van der Waals surface area contributed by atoms with Crippen LogP contribution in [0.4, 0.5) is 10.5 Å². The number of amides is 3. The number of furan rings is 1. The third kappa shape index (κ3) is 5.16. The number of imide groups is 1. The Labute approximate surface area is 209 Å². The van der Waals surface area contributed by atoms with Crippen LogP contribution in [0.3, 0.4) is 0 Å². The normalized spacial score (nSPS) is 14.5. The summed E-state index contributed by atoms with van der Waals surface area (Å²) in [5, 5.41) is 2.37. The molecule has 0 radical (unpaired) electrons. The van der Waals surface area contributed by atoms with Gasteiger partial charge in [0.05, 0.1) is 28.3 Å². The van der Waals surface area contributed by atoms with Gasteiger partial charge in [-0.1, -0.05) is 35.9 Å². The van der Waals surface area contributed by atoms with Crippen molar-refractivity contribution in [2.24, 2.45) is 0 Å². The number of hydrogen-bond donors (Lipinski definition) is 1. The minimum absolute atomic E-state index is 0.126. The number of methoxy groups -OCH3 is 1. The van der Waals surface area contributed by atoms with E-state index in [9.17, 15) is 19.2 Å². The fourth-order valence-electron chi connectivity index (χ4n) is 3.47. The predicted octanol–water partition coefficient (Wildman–Crippen LogP) is 5.37. The number of thioether (sulfide) groups is 1. The van der Waals surface area contributed by atoms with Crippen molar-refractivity contribution in [2.45, 2.75) is 6.92 Å². The van der Waals surface area contributed by atoms with Crippen LogP contribution in [0, 0.1) is 6.92 Å². The number of hydrogen-bond acceptors (Lipinski definition) is 7. The van der Waals surface area contributed by atoms with Crippen molar-refractivity contribution in [1.82, 2.24) is 4.90 Å². The number of halogens is 1. The zero-order valence-corrected chi connectivity index (χ0v) is 20.2. The average Bonchev–Trinajstić information content (AvgIpc) is 3.40. The topological polar surface area (TPSA) is 106 Å². The van der Waals surface area contributed by atoms with Crippen molar-refractivity contribution in [3.05, 3.63) is 81.4 Å². The first-order chi connectivity index (χ1) is 16.8. The van der Waals surface area contributed by atoms with E-state index in [2.05, 4.69) is 5.32 Å². The molecule has 0 unspecified atom stereocenters. The van der Waals surface area contributed by atoms with Gasteiger partial charge in [-0.25, -0.2) is 4.79 Å². The molecule has 0 bridgehead atoms. The van der Waals surface area contributed by atoms with Gasteiger partial charge in [0, 0.05) is 11.6 Å². The average molecular weight is 511 g/mol. The Hall–Kier alpha value is -3.82. The van der Waals surface area contributed by atoms with Crippen molar-refractivity contribution in [3.63, 3.8) is 0 Å². The molecule has 3 aromatic rings. The second kappa shape index (κ2) is 10.2. The Morgan fingerprint density at radius 3 is 2.63 bits per heavy atom. The Morgan fingerprint density at radius 1 is 1.11 bits per heavy atom. The van der Waals surface area contributed by atoms with Gasteiger partial charge in [-0.15, -0.1) is 0 Å². The summed E-state index contributed by atoms with van der Waals surface area (Å²) in [6, 6.07) is 15.2. The zero-order chi connectivity index (χ0) is 25.1. The zero-order valence-electron chi connectivity index (χ0n) is 18.7. The maximum atomic E-state index is 12.8. The summed E-state index contributed by atoms with van der Waals surface area (Å²) in [5.41, 5.74) is 2.18.